The van der Waals surface area contributed by atoms with Crippen molar-refractivity contribution in [3.8, 4) is 28.6 Å². The first-order valence-corrected chi connectivity index (χ1v) is 9.05. The van der Waals surface area contributed by atoms with Crippen molar-refractivity contribution in [2.24, 2.45) is 5.73 Å². The number of hydrogen-bond donors (Lipinski definition) is 3. The van der Waals surface area contributed by atoms with Crippen molar-refractivity contribution in [3.63, 3.8) is 0 Å². The van der Waals surface area contributed by atoms with E-state index in [4.69, 9.17) is 14.9 Å². The molecule has 0 aliphatic carbocycles. The normalized spacial score (nSPS) is 11.0. The van der Waals surface area contributed by atoms with Gasteiger partial charge in [0.15, 0.2) is 17.1 Å². The maximum absolute atomic E-state index is 12.6. The van der Waals surface area contributed by atoms with E-state index >= 15 is 0 Å². The van der Waals surface area contributed by atoms with E-state index in [2.05, 4.69) is 4.90 Å². The highest BCUT2D eigenvalue weighted by molar-refractivity contribution is 5.88. The zero-order chi connectivity index (χ0) is 20.3. The molecule has 2 aromatic carbocycles. The standard InChI is InChI=1S/C21H24N2O5/c1-23(12-4-3-11-22)14-7-5-13(6-8-14)19-18(26)17(25)15-9-10-16(24)21(27-2)20(15)28-19/h5-10,24,26H,3-4,11-12,22H2,1-2H3. The third kappa shape index (κ3) is 3.61. The molecular weight excluding hydrogens is 360 g/mol. The third-order valence-corrected chi connectivity index (χ3v) is 4.69. The Morgan fingerprint density at radius 3 is 2.46 bits per heavy atom. The molecule has 0 atom stereocenters. The molecule has 7 nitrogen and oxygen atoms in total. The van der Waals surface area contributed by atoms with Crippen molar-refractivity contribution in [1.82, 2.24) is 0 Å². The molecule has 7 heteroatoms. The number of phenolic OH excluding ortho intramolecular Hbond substituents is 1. The van der Waals surface area contributed by atoms with Gasteiger partial charge in [-0.1, -0.05) is 0 Å². The number of hydrogen-bond acceptors (Lipinski definition) is 7. The summed E-state index contributed by atoms with van der Waals surface area (Å²) in [6, 6.07) is 10.0. The molecule has 0 saturated carbocycles. The predicted octanol–water partition coefficient (Wildman–Crippen LogP) is 3.05. The number of ether oxygens (including phenoxy) is 1. The van der Waals surface area contributed by atoms with Gasteiger partial charge in [0.2, 0.25) is 16.9 Å². The number of benzene rings is 2. The van der Waals surface area contributed by atoms with Crippen molar-refractivity contribution in [3.05, 3.63) is 46.6 Å². The Kier molecular flexibility index (Phi) is 5.75. The number of methoxy groups -OCH3 is 1. The van der Waals surface area contributed by atoms with Crippen LogP contribution in [0.5, 0.6) is 17.2 Å². The molecule has 1 aromatic heterocycles. The lowest BCUT2D eigenvalue weighted by Gasteiger charge is -2.19. The zero-order valence-corrected chi connectivity index (χ0v) is 15.9. The molecule has 0 fully saturated rings. The smallest absolute Gasteiger partial charge is 0.235 e. The number of fused-ring (bicyclic) bond motifs is 1. The Balaban J connectivity index is 2.01. The minimum absolute atomic E-state index is 0.0266. The van der Waals surface area contributed by atoms with Crippen LogP contribution in [0.25, 0.3) is 22.3 Å². The summed E-state index contributed by atoms with van der Waals surface area (Å²) in [5.41, 5.74) is 6.57. The van der Waals surface area contributed by atoms with Gasteiger partial charge < -0.3 is 30.0 Å². The fourth-order valence-electron chi connectivity index (χ4n) is 3.10. The second kappa shape index (κ2) is 8.22. The maximum atomic E-state index is 12.6. The maximum Gasteiger partial charge on any atom is 0.235 e. The lowest BCUT2D eigenvalue weighted by atomic mass is 10.1. The summed E-state index contributed by atoms with van der Waals surface area (Å²) in [6.45, 7) is 1.55. The van der Waals surface area contributed by atoms with Crippen LogP contribution in [0.2, 0.25) is 0 Å². The Hall–Kier alpha value is -3.19. The fourth-order valence-corrected chi connectivity index (χ4v) is 3.10. The van der Waals surface area contributed by atoms with Crippen LogP contribution >= 0.6 is 0 Å². The summed E-state index contributed by atoms with van der Waals surface area (Å²) >= 11 is 0. The summed E-state index contributed by atoms with van der Waals surface area (Å²) in [7, 11) is 3.36. The van der Waals surface area contributed by atoms with E-state index in [0.29, 0.717) is 12.1 Å². The number of aromatic hydroxyl groups is 2. The van der Waals surface area contributed by atoms with Crippen LogP contribution in [0, 0.1) is 0 Å². The van der Waals surface area contributed by atoms with Crippen LogP contribution < -0.4 is 20.8 Å². The summed E-state index contributed by atoms with van der Waals surface area (Å²) in [4.78, 5) is 14.7. The molecule has 3 rings (SSSR count). The molecule has 0 spiro atoms. The molecule has 0 unspecified atom stereocenters. The molecule has 28 heavy (non-hydrogen) atoms. The SMILES string of the molecule is COc1c(O)ccc2c(=O)c(O)c(-c3ccc(N(C)CCCCN)cc3)oc12. The first kappa shape index (κ1) is 19.6. The Morgan fingerprint density at radius 1 is 1.11 bits per heavy atom. The van der Waals surface area contributed by atoms with Gasteiger partial charge >= 0.3 is 0 Å². The first-order valence-electron chi connectivity index (χ1n) is 9.05. The fraction of sp³-hybridized carbons (Fsp3) is 0.286. The monoisotopic (exact) mass is 384 g/mol. The van der Waals surface area contributed by atoms with Gasteiger partial charge in [-0.15, -0.1) is 0 Å². The van der Waals surface area contributed by atoms with Gasteiger partial charge in [-0.05, 0) is 55.8 Å². The highest BCUT2D eigenvalue weighted by atomic mass is 16.5. The van der Waals surface area contributed by atoms with Crippen LogP contribution in [0.15, 0.2) is 45.6 Å². The number of rotatable bonds is 7. The van der Waals surface area contributed by atoms with E-state index in [-0.39, 0.29) is 28.2 Å². The second-order valence-corrected chi connectivity index (χ2v) is 6.57. The van der Waals surface area contributed by atoms with Crippen LogP contribution in [0.3, 0.4) is 0 Å². The van der Waals surface area contributed by atoms with Crippen molar-refractivity contribution in [1.29, 1.82) is 0 Å². The molecule has 148 valence electrons. The minimum Gasteiger partial charge on any atom is -0.504 e. The summed E-state index contributed by atoms with van der Waals surface area (Å²) in [6.07, 6.45) is 1.96. The molecule has 0 amide bonds. The largest absolute Gasteiger partial charge is 0.504 e. The van der Waals surface area contributed by atoms with Gasteiger partial charge in [-0.3, -0.25) is 4.79 Å². The highest BCUT2D eigenvalue weighted by Gasteiger charge is 2.20. The molecule has 4 N–H and O–H groups in total. The second-order valence-electron chi connectivity index (χ2n) is 6.57. The van der Waals surface area contributed by atoms with Crippen molar-refractivity contribution in [2.45, 2.75) is 12.8 Å². The Labute approximate surface area is 162 Å². The molecule has 0 aliphatic heterocycles. The number of unbranched alkanes of at least 4 members (excludes halogenated alkanes) is 1. The third-order valence-electron chi connectivity index (χ3n) is 4.69. The van der Waals surface area contributed by atoms with E-state index in [0.717, 1.165) is 25.1 Å². The summed E-state index contributed by atoms with van der Waals surface area (Å²) < 4.78 is 10.9. The highest BCUT2D eigenvalue weighted by Crippen LogP contribution is 2.38. The average Bonchev–Trinajstić information content (AvgIpc) is 2.70. The molecule has 0 aliphatic rings. The van der Waals surface area contributed by atoms with Crippen LogP contribution in [0.4, 0.5) is 5.69 Å². The molecule has 3 aromatic rings. The van der Waals surface area contributed by atoms with E-state index in [1.54, 1.807) is 12.1 Å². The Bertz CT molecular complexity index is 1030. The predicted molar refractivity (Wildman–Crippen MR) is 109 cm³/mol. The van der Waals surface area contributed by atoms with Crippen LogP contribution in [-0.4, -0.2) is 37.5 Å². The molecule has 1 heterocycles. The van der Waals surface area contributed by atoms with Crippen LogP contribution in [0.1, 0.15) is 12.8 Å². The van der Waals surface area contributed by atoms with E-state index in [1.165, 1.54) is 19.2 Å². The van der Waals surface area contributed by atoms with E-state index < -0.39 is 11.2 Å². The molecule has 0 radical (unpaired) electrons. The number of nitrogens with zero attached hydrogens (tertiary/aromatic N) is 1. The van der Waals surface area contributed by atoms with Crippen LogP contribution in [-0.2, 0) is 0 Å². The molecule has 0 saturated heterocycles. The zero-order valence-electron chi connectivity index (χ0n) is 15.9. The van der Waals surface area contributed by atoms with Crippen molar-refractivity contribution >= 4 is 16.7 Å². The number of phenols is 1. The minimum atomic E-state index is -0.586. The van der Waals surface area contributed by atoms with Crippen molar-refractivity contribution in [2.75, 3.05) is 32.1 Å². The van der Waals surface area contributed by atoms with E-state index in [9.17, 15) is 15.0 Å². The number of anilines is 1. The lowest BCUT2D eigenvalue weighted by Crippen LogP contribution is -2.19. The lowest BCUT2D eigenvalue weighted by molar-refractivity contribution is 0.369. The van der Waals surface area contributed by atoms with Gasteiger partial charge in [-0.25, -0.2) is 0 Å². The molecule has 0 bridgehead atoms. The van der Waals surface area contributed by atoms with Gasteiger partial charge in [0.1, 0.15) is 0 Å². The average molecular weight is 384 g/mol. The molecular formula is C21H24N2O5. The van der Waals surface area contributed by atoms with Gasteiger partial charge in [-0.2, -0.15) is 0 Å². The van der Waals surface area contributed by atoms with Gasteiger partial charge in [0.25, 0.3) is 0 Å². The topological polar surface area (TPSA) is 109 Å². The first-order chi connectivity index (χ1) is 13.5. The van der Waals surface area contributed by atoms with E-state index in [1.807, 2.05) is 19.2 Å². The number of nitrogens with two attached hydrogens (primary N) is 1. The van der Waals surface area contributed by atoms with Gasteiger partial charge in [0.05, 0.1) is 12.5 Å². The van der Waals surface area contributed by atoms with Gasteiger partial charge in [0, 0.05) is 24.8 Å². The Morgan fingerprint density at radius 2 is 1.82 bits per heavy atom. The summed E-state index contributed by atoms with van der Waals surface area (Å²) in [5, 5.41) is 20.5. The quantitative estimate of drug-likeness (QED) is 0.537. The summed E-state index contributed by atoms with van der Waals surface area (Å²) in [5.74, 6) is -0.556. The van der Waals surface area contributed by atoms with Crippen molar-refractivity contribution < 1.29 is 19.4 Å².